The lowest BCUT2D eigenvalue weighted by atomic mass is 9.98. The number of rotatable bonds is 6. The van der Waals surface area contributed by atoms with Crippen LogP contribution in [0.2, 0.25) is 0 Å². The van der Waals surface area contributed by atoms with E-state index < -0.39 is 11.6 Å². The average Bonchev–Trinajstić information content (AvgIpc) is 3.19. The fraction of sp³-hybridized carbons (Fsp3) is 0.562. The Morgan fingerprint density at radius 1 is 1.33 bits per heavy atom. The topological polar surface area (TPSA) is 103 Å². The standard InChI is InChI=1S/C16H22N2O5.ClH/c17-16(5-1-2-6-16)15(20)18-8-11(19)9-21-12-3-4-13-14(7-12)23-10-22-13;/h3-4,7,11,19H,1-2,5-6,8-10,17H2,(H,18,20);1H. The molecular formula is C16H23ClN2O5. The van der Waals surface area contributed by atoms with Crippen LogP contribution in [-0.4, -0.2) is 42.6 Å². The van der Waals surface area contributed by atoms with E-state index in [1.54, 1.807) is 18.2 Å². The molecule has 1 heterocycles. The molecule has 3 rings (SSSR count). The lowest BCUT2D eigenvalue weighted by Crippen LogP contribution is -2.53. The second-order valence-corrected chi connectivity index (χ2v) is 6.05. The fourth-order valence-electron chi connectivity index (χ4n) is 2.84. The average molecular weight is 359 g/mol. The van der Waals surface area contributed by atoms with Crippen molar-refractivity contribution in [3.05, 3.63) is 18.2 Å². The van der Waals surface area contributed by atoms with Crippen molar-refractivity contribution in [3.63, 3.8) is 0 Å². The Kier molecular flexibility index (Phi) is 6.15. The highest BCUT2D eigenvalue weighted by atomic mass is 35.5. The first-order chi connectivity index (χ1) is 11.1. The van der Waals surface area contributed by atoms with Crippen LogP contribution >= 0.6 is 12.4 Å². The van der Waals surface area contributed by atoms with E-state index in [9.17, 15) is 9.90 Å². The van der Waals surface area contributed by atoms with Gasteiger partial charge in [0.15, 0.2) is 11.5 Å². The molecule has 1 atom stereocenters. The summed E-state index contributed by atoms with van der Waals surface area (Å²) in [6.45, 7) is 0.383. The molecule has 1 unspecified atom stereocenters. The van der Waals surface area contributed by atoms with Crippen molar-refractivity contribution in [1.29, 1.82) is 0 Å². The maximum Gasteiger partial charge on any atom is 0.240 e. The minimum Gasteiger partial charge on any atom is -0.491 e. The highest BCUT2D eigenvalue weighted by Crippen LogP contribution is 2.35. The van der Waals surface area contributed by atoms with Gasteiger partial charge >= 0.3 is 0 Å². The van der Waals surface area contributed by atoms with Gasteiger partial charge in [-0.25, -0.2) is 0 Å². The van der Waals surface area contributed by atoms with Gasteiger partial charge in [-0.3, -0.25) is 4.79 Å². The van der Waals surface area contributed by atoms with Crippen molar-refractivity contribution in [1.82, 2.24) is 5.32 Å². The third kappa shape index (κ3) is 4.23. The molecule has 0 radical (unpaired) electrons. The third-order valence-corrected chi connectivity index (χ3v) is 4.23. The number of hydrogen-bond acceptors (Lipinski definition) is 6. The van der Waals surface area contributed by atoms with Gasteiger partial charge < -0.3 is 30.4 Å². The van der Waals surface area contributed by atoms with E-state index >= 15 is 0 Å². The number of nitrogens with one attached hydrogen (secondary N) is 1. The zero-order valence-corrected chi connectivity index (χ0v) is 14.1. The van der Waals surface area contributed by atoms with Gasteiger partial charge in [-0.05, 0) is 25.0 Å². The van der Waals surface area contributed by atoms with E-state index in [2.05, 4.69) is 5.32 Å². The normalized spacial score (nSPS) is 18.6. The lowest BCUT2D eigenvalue weighted by molar-refractivity contribution is -0.126. The molecule has 8 heteroatoms. The minimum atomic E-state index is -0.811. The maximum absolute atomic E-state index is 12.1. The molecule has 4 N–H and O–H groups in total. The van der Waals surface area contributed by atoms with Crippen LogP contribution in [0.3, 0.4) is 0 Å². The first kappa shape index (κ1) is 18.6. The van der Waals surface area contributed by atoms with Crippen LogP contribution in [0.5, 0.6) is 17.2 Å². The predicted molar refractivity (Wildman–Crippen MR) is 89.7 cm³/mol. The SMILES string of the molecule is Cl.NC1(C(=O)NCC(O)COc2ccc3c(c2)OCO3)CCCC1. The number of benzene rings is 1. The van der Waals surface area contributed by atoms with E-state index in [-0.39, 0.29) is 38.3 Å². The van der Waals surface area contributed by atoms with E-state index in [1.807, 2.05) is 0 Å². The number of fused-ring (bicyclic) bond motifs is 1. The van der Waals surface area contributed by atoms with Crippen LogP contribution in [-0.2, 0) is 4.79 Å². The first-order valence-corrected chi connectivity index (χ1v) is 7.84. The Labute approximate surface area is 146 Å². The van der Waals surface area contributed by atoms with Crippen molar-refractivity contribution in [2.24, 2.45) is 5.73 Å². The Morgan fingerprint density at radius 3 is 2.79 bits per heavy atom. The molecule has 2 aliphatic rings. The Balaban J connectivity index is 0.00000208. The number of amides is 1. The van der Waals surface area contributed by atoms with Gasteiger partial charge in [-0.2, -0.15) is 0 Å². The van der Waals surface area contributed by atoms with E-state index in [1.165, 1.54) is 0 Å². The first-order valence-electron chi connectivity index (χ1n) is 7.84. The molecule has 0 bridgehead atoms. The zero-order valence-electron chi connectivity index (χ0n) is 13.3. The third-order valence-electron chi connectivity index (χ3n) is 4.23. The molecule has 1 aromatic carbocycles. The van der Waals surface area contributed by atoms with Crippen molar-refractivity contribution in [2.75, 3.05) is 19.9 Å². The number of nitrogens with two attached hydrogens (primary N) is 1. The number of hydrogen-bond donors (Lipinski definition) is 3. The summed E-state index contributed by atoms with van der Waals surface area (Å²) in [6.07, 6.45) is 2.53. The smallest absolute Gasteiger partial charge is 0.240 e. The van der Waals surface area contributed by atoms with Crippen molar-refractivity contribution < 1.29 is 24.1 Å². The number of ether oxygens (including phenoxy) is 3. The monoisotopic (exact) mass is 358 g/mol. The summed E-state index contributed by atoms with van der Waals surface area (Å²) in [4.78, 5) is 12.1. The quantitative estimate of drug-likeness (QED) is 0.700. The van der Waals surface area contributed by atoms with Gasteiger partial charge in [0.1, 0.15) is 18.5 Å². The van der Waals surface area contributed by atoms with E-state index in [0.29, 0.717) is 30.1 Å². The van der Waals surface area contributed by atoms with Gasteiger partial charge in [-0.15, -0.1) is 12.4 Å². The summed E-state index contributed by atoms with van der Waals surface area (Å²) in [5.74, 6) is 1.68. The number of aliphatic hydroxyl groups is 1. The number of carbonyl (C=O) groups excluding carboxylic acids is 1. The van der Waals surface area contributed by atoms with Gasteiger partial charge in [-0.1, -0.05) is 12.8 Å². The Morgan fingerprint density at radius 2 is 2.04 bits per heavy atom. The summed E-state index contributed by atoms with van der Waals surface area (Å²) in [5.41, 5.74) is 5.28. The molecule has 0 spiro atoms. The maximum atomic E-state index is 12.1. The second-order valence-electron chi connectivity index (χ2n) is 6.05. The summed E-state index contributed by atoms with van der Waals surface area (Å²) < 4.78 is 16.0. The predicted octanol–water partition coefficient (Wildman–Crippen LogP) is 0.964. The highest BCUT2D eigenvalue weighted by molar-refractivity contribution is 5.86. The van der Waals surface area contributed by atoms with Gasteiger partial charge in [0.25, 0.3) is 0 Å². The van der Waals surface area contributed by atoms with Crippen LogP contribution in [0.15, 0.2) is 18.2 Å². The Bertz CT molecular complexity index is 578. The summed E-state index contributed by atoms with van der Waals surface area (Å²) in [7, 11) is 0. The molecule has 1 amide bonds. The molecule has 1 fully saturated rings. The second kappa shape index (κ2) is 7.92. The highest BCUT2D eigenvalue weighted by Gasteiger charge is 2.36. The summed E-state index contributed by atoms with van der Waals surface area (Å²) in [5, 5.41) is 12.6. The van der Waals surface area contributed by atoms with Crippen LogP contribution in [0.4, 0.5) is 0 Å². The Hall–Kier alpha value is -1.70. The number of carbonyl (C=O) groups is 1. The molecule has 24 heavy (non-hydrogen) atoms. The van der Waals surface area contributed by atoms with Gasteiger partial charge in [0.2, 0.25) is 12.7 Å². The molecule has 1 saturated carbocycles. The minimum absolute atomic E-state index is 0. The van der Waals surface area contributed by atoms with E-state index in [4.69, 9.17) is 19.9 Å². The van der Waals surface area contributed by atoms with Gasteiger partial charge in [0, 0.05) is 12.6 Å². The van der Waals surface area contributed by atoms with Gasteiger partial charge in [0.05, 0.1) is 5.54 Å². The van der Waals surface area contributed by atoms with Crippen LogP contribution in [0.25, 0.3) is 0 Å². The molecular weight excluding hydrogens is 336 g/mol. The van der Waals surface area contributed by atoms with Crippen LogP contribution in [0, 0.1) is 0 Å². The lowest BCUT2D eigenvalue weighted by Gasteiger charge is -2.23. The number of aliphatic hydroxyl groups excluding tert-OH is 1. The van der Waals surface area contributed by atoms with Crippen LogP contribution < -0.4 is 25.3 Å². The summed E-state index contributed by atoms with van der Waals surface area (Å²) in [6, 6.07) is 5.21. The van der Waals surface area contributed by atoms with Crippen molar-refractivity contribution in [2.45, 2.75) is 37.3 Å². The fourth-order valence-corrected chi connectivity index (χ4v) is 2.84. The van der Waals surface area contributed by atoms with Crippen LogP contribution in [0.1, 0.15) is 25.7 Å². The molecule has 1 aliphatic carbocycles. The molecule has 0 saturated heterocycles. The van der Waals surface area contributed by atoms with E-state index in [0.717, 1.165) is 12.8 Å². The van der Waals surface area contributed by atoms with Crippen molar-refractivity contribution in [3.8, 4) is 17.2 Å². The molecule has 7 nitrogen and oxygen atoms in total. The van der Waals surface area contributed by atoms with Crippen molar-refractivity contribution >= 4 is 18.3 Å². The molecule has 0 aromatic heterocycles. The zero-order chi connectivity index (χ0) is 16.3. The molecule has 1 aromatic rings. The molecule has 1 aliphatic heterocycles. The molecule has 134 valence electrons. The largest absolute Gasteiger partial charge is 0.491 e. The summed E-state index contributed by atoms with van der Waals surface area (Å²) >= 11 is 0. The number of halogens is 1.